The molecule has 0 rings (SSSR count). The first-order chi connectivity index (χ1) is 39.0. The lowest BCUT2D eigenvalue weighted by Gasteiger charge is -2.20. The molecule has 0 bridgehead atoms. The Kier molecular flexibility index (Phi) is 67.4. The molecule has 6 heteroatoms. The van der Waals surface area contributed by atoms with Crippen LogP contribution in [0, 0.1) is 0 Å². The summed E-state index contributed by atoms with van der Waals surface area (Å²) in [6.07, 6.45) is 86.9. The fourth-order valence-corrected chi connectivity index (χ4v) is 11.5. The topological polar surface area (TPSA) is 95.9 Å². The molecule has 6 nitrogen and oxygen atoms in total. The molecule has 3 N–H and O–H groups in total. The van der Waals surface area contributed by atoms with E-state index in [2.05, 4.69) is 31.3 Å². The van der Waals surface area contributed by atoms with Gasteiger partial charge in [0, 0.05) is 12.8 Å². The molecule has 0 saturated carbocycles. The number of hydrogen-bond donors (Lipinski definition) is 3. The predicted molar refractivity (Wildman–Crippen MR) is 347 cm³/mol. The van der Waals surface area contributed by atoms with Crippen LogP contribution in [0.25, 0.3) is 0 Å². The summed E-state index contributed by atoms with van der Waals surface area (Å²) in [6.45, 7) is 4.94. The second-order valence-electron chi connectivity index (χ2n) is 24.9. The minimum Gasteiger partial charge on any atom is -0.466 e. The molecule has 0 heterocycles. The SMILES string of the molecule is CCCCCCCCCCCCCCCCCCCCC/C=C/C(O)C(CO)NC(=O)CCCCCCCCCCCCCCC/C=C\CCCCCCCCCCCCCCOC(=O)CCCCCCCCCCCCCC. The maximum Gasteiger partial charge on any atom is 0.305 e. The molecule has 468 valence electrons. The molecule has 2 atom stereocenters. The molecule has 0 spiro atoms. The minimum atomic E-state index is -0.845. The Morgan fingerprint density at radius 1 is 0.342 bits per heavy atom. The quantitative estimate of drug-likeness (QED) is 0.0320. The molecule has 79 heavy (non-hydrogen) atoms. The van der Waals surface area contributed by atoms with Gasteiger partial charge in [-0.15, -0.1) is 0 Å². The monoisotopic (exact) mass is 1110 g/mol. The molecule has 0 aliphatic rings. The van der Waals surface area contributed by atoms with Crippen molar-refractivity contribution < 1.29 is 24.5 Å². The van der Waals surface area contributed by atoms with Gasteiger partial charge in [-0.25, -0.2) is 0 Å². The first-order valence-electron chi connectivity index (χ1n) is 36.1. The highest BCUT2D eigenvalue weighted by Crippen LogP contribution is 2.19. The number of unbranched alkanes of at least 4 members (excludes halogenated alkanes) is 55. The summed E-state index contributed by atoms with van der Waals surface area (Å²) in [6, 6.07) is -0.628. The maximum absolute atomic E-state index is 12.5. The molecular formula is C73H141NO5. The van der Waals surface area contributed by atoms with Gasteiger partial charge in [-0.05, 0) is 57.8 Å². The number of hydrogen-bond acceptors (Lipinski definition) is 5. The normalized spacial score (nSPS) is 12.6. The third-order valence-corrected chi connectivity index (χ3v) is 17.0. The van der Waals surface area contributed by atoms with Crippen LogP contribution in [-0.4, -0.2) is 47.4 Å². The molecule has 2 unspecified atom stereocenters. The molecular weight excluding hydrogens is 971 g/mol. The molecule has 0 fully saturated rings. The van der Waals surface area contributed by atoms with Crippen molar-refractivity contribution in [1.29, 1.82) is 0 Å². The highest BCUT2D eigenvalue weighted by atomic mass is 16.5. The highest BCUT2D eigenvalue weighted by Gasteiger charge is 2.18. The van der Waals surface area contributed by atoms with E-state index in [-0.39, 0.29) is 18.5 Å². The Balaban J connectivity index is 3.40. The van der Waals surface area contributed by atoms with Crippen molar-refractivity contribution in [1.82, 2.24) is 5.32 Å². The van der Waals surface area contributed by atoms with Crippen molar-refractivity contribution in [3.63, 3.8) is 0 Å². The number of allylic oxidation sites excluding steroid dienone is 3. The predicted octanol–water partition coefficient (Wildman–Crippen LogP) is 23.3. The van der Waals surface area contributed by atoms with Gasteiger partial charge in [0.1, 0.15) is 0 Å². The van der Waals surface area contributed by atoms with E-state index in [4.69, 9.17) is 4.74 Å². The third-order valence-electron chi connectivity index (χ3n) is 17.0. The van der Waals surface area contributed by atoms with Gasteiger partial charge in [0.15, 0.2) is 0 Å². The van der Waals surface area contributed by atoms with Crippen LogP contribution in [0.1, 0.15) is 406 Å². The zero-order valence-corrected chi connectivity index (χ0v) is 53.6. The number of aliphatic hydroxyl groups is 2. The lowest BCUT2D eigenvalue weighted by Crippen LogP contribution is -2.45. The van der Waals surface area contributed by atoms with Crippen LogP contribution < -0.4 is 5.32 Å². The Labute approximate surface area is 494 Å². The Hall–Kier alpha value is -1.66. The van der Waals surface area contributed by atoms with E-state index < -0.39 is 12.1 Å². The van der Waals surface area contributed by atoms with E-state index in [1.807, 2.05) is 6.08 Å². The van der Waals surface area contributed by atoms with Gasteiger partial charge in [0.2, 0.25) is 5.91 Å². The van der Waals surface area contributed by atoms with Crippen LogP contribution >= 0.6 is 0 Å². The van der Waals surface area contributed by atoms with Crippen molar-refractivity contribution >= 4 is 11.9 Å². The number of esters is 1. The molecule has 0 aromatic rings. The van der Waals surface area contributed by atoms with Crippen LogP contribution in [0.15, 0.2) is 24.3 Å². The smallest absolute Gasteiger partial charge is 0.305 e. The van der Waals surface area contributed by atoms with Crippen molar-refractivity contribution in [3.8, 4) is 0 Å². The standard InChI is InChI=1S/C73H141NO5/c1-3-5-7-9-11-13-15-17-18-19-20-30-33-36-39-42-45-49-53-57-61-65-71(76)70(69-75)74-72(77)66-62-58-54-50-46-43-40-37-34-31-28-26-24-22-21-23-25-27-29-32-35-38-41-44-48-52-56-60-64-68-79-73(78)67-63-59-55-51-47-16-14-12-10-8-6-4-2/h21,23,61,65,70-71,75-76H,3-20,22,24-60,62-64,66-69H2,1-2H3,(H,74,77)/b23-21-,65-61+. The van der Waals surface area contributed by atoms with Gasteiger partial charge in [-0.1, -0.05) is 359 Å². The molecule has 0 radical (unpaired) electrons. The van der Waals surface area contributed by atoms with Crippen LogP contribution in [0.5, 0.6) is 0 Å². The fraction of sp³-hybridized carbons (Fsp3) is 0.918. The van der Waals surface area contributed by atoms with E-state index in [1.54, 1.807) is 6.08 Å². The number of carbonyl (C=O) groups excluding carboxylic acids is 2. The molecule has 0 saturated heterocycles. The number of ether oxygens (including phenoxy) is 1. The largest absolute Gasteiger partial charge is 0.466 e. The van der Waals surface area contributed by atoms with E-state index in [0.29, 0.717) is 19.4 Å². The average Bonchev–Trinajstić information content (AvgIpc) is 3.45. The number of amides is 1. The lowest BCUT2D eigenvalue weighted by molar-refractivity contribution is -0.143. The number of nitrogens with one attached hydrogen (secondary N) is 1. The van der Waals surface area contributed by atoms with Crippen molar-refractivity contribution in [2.24, 2.45) is 0 Å². The van der Waals surface area contributed by atoms with Gasteiger partial charge in [-0.3, -0.25) is 9.59 Å². The van der Waals surface area contributed by atoms with Gasteiger partial charge >= 0.3 is 5.97 Å². The Morgan fingerprint density at radius 3 is 0.899 bits per heavy atom. The van der Waals surface area contributed by atoms with E-state index in [0.717, 1.165) is 38.5 Å². The van der Waals surface area contributed by atoms with Gasteiger partial charge in [0.25, 0.3) is 0 Å². The molecule has 0 aromatic heterocycles. The molecule has 0 aliphatic heterocycles. The second kappa shape index (κ2) is 68.8. The minimum absolute atomic E-state index is 0.0176. The Bertz CT molecular complexity index is 1230. The molecule has 1 amide bonds. The summed E-state index contributed by atoms with van der Waals surface area (Å²) < 4.78 is 5.48. The van der Waals surface area contributed by atoms with E-state index in [9.17, 15) is 19.8 Å². The molecule has 0 aliphatic carbocycles. The summed E-state index contributed by atoms with van der Waals surface area (Å²) in [5.41, 5.74) is 0. The second-order valence-corrected chi connectivity index (χ2v) is 24.9. The van der Waals surface area contributed by atoms with Gasteiger partial charge in [-0.2, -0.15) is 0 Å². The van der Waals surface area contributed by atoms with Gasteiger partial charge in [0.05, 0.1) is 25.4 Å². The third kappa shape index (κ3) is 65.4. The number of carbonyl (C=O) groups is 2. The van der Waals surface area contributed by atoms with Gasteiger partial charge < -0.3 is 20.3 Å². The number of rotatable bonds is 68. The van der Waals surface area contributed by atoms with Crippen molar-refractivity contribution in [3.05, 3.63) is 24.3 Å². The maximum atomic E-state index is 12.5. The lowest BCUT2D eigenvalue weighted by atomic mass is 10.0. The first kappa shape index (κ1) is 77.3. The Morgan fingerprint density at radius 2 is 0.595 bits per heavy atom. The molecule has 0 aromatic carbocycles. The zero-order chi connectivity index (χ0) is 57.1. The average molecular weight is 1110 g/mol. The fourth-order valence-electron chi connectivity index (χ4n) is 11.5. The summed E-state index contributed by atoms with van der Waals surface area (Å²) in [4.78, 5) is 24.6. The van der Waals surface area contributed by atoms with E-state index in [1.165, 1.54) is 340 Å². The van der Waals surface area contributed by atoms with Crippen LogP contribution in [0.2, 0.25) is 0 Å². The highest BCUT2D eigenvalue weighted by molar-refractivity contribution is 5.76. The van der Waals surface area contributed by atoms with Crippen LogP contribution in [0.3, 0.4) is 0 Å². The van der Waals surface area contributed by atoms with E-state index >= 15 is 0 Å². The zero-order valence-electron chi connectivity index (χ0n) is 53.6. The summed E-state index contributed by atoms with van der Waals surface area (Å²) in [5.74, 6) is -0.0453. The van der Waals surface area contributed by atoms with Crippen LogP contribution in [0.4, 0.5) is 0 Å². The van der Waals surface area contributed by atoms with Crippen molar-refractivity contribution in [2.75, 3.05) is 13.2 Å². The summed E-state index contributed by atoms with van der Waals surface area (Å²) in [7, 11) is 0. The summed E-state index contributed by atoms with van der Waals surface area (Å²) in [5, 5.41) is 23.3. The summed E-state index contributed by atoms with van der Waals surface area (Å²) >= 11 is 0. The first-order valence-corrected chi connectivity index (χ1v) is 36.1. The number of aliphatic hydroxyl groups excluding tert-OH is 2. The van der Waals surface area contributed by atoms with Crippen LogP contribution in [-0.2, 0) is 14.3 Å². The van der Waals surface area contributed by atoms with Crippen molar-refractivity contribution in [2.45, 2.75) is 418 Å².